The normalized spacial score (nSPS) is 15.1. The van der Waals surface area contributed by atoms with Crippen LogP contribution >= 0.6 is 0 Å². The fourth-order valence-corrected chi connectivity index (χ4v) is 2.35. The largest absolute Gasteiger partial charge is 0.242 e. The maximum Gasteiger partial charge on any atom is 0.128 e. The van der Waals surface area contributed by atoms with E-state index in [-0.39, 0.29) is 16.6 Å². The molecular formula is C15H22FNOS. The van der Waals surface area contributed by atoms with Crippen molar-refractivity contribution in [3.63, 3.8) is 0 Å². The summed E-state index contributed by atoms with van der Waals surface area (Å²) in [5.74, 6) is -0.300. The minimum Gasteiger partial charge on any atom is -0.242 e. The molecule has 1 rings (SSSR count). The topological polar surface area (TPSA) is 29.1 Å². The number of benzene rings is 1. The van der Waals surface area contributed by atoms with E-state index in [1.165, 1.54) is 6.07 Å². The average Bonchev–Trinajstić information content (AvgIpc) is 2.26. The number of rotatable bonds is 4. The van der Waals surface area contributed by atoms with E-state index in [9.17, 15) is 8.60 Å². The number of hydrogen-bond donors (Lipinski definition) is 1. The molecule has 19 heavy (non-hydrogen) atoms. The van der Waals surface area contributed by atoms with E-state index in [0.717, 1.165) is 11.1 Å². The van der Waals surface area contributed by atoms with Crippen molar-refractivity contribution in [2.45, 2.75) is 45.4 Å². The Morgan fingerprint density at radius 3 is 2.42 bits per heavy atom. The number of hydrogen-bond acceptors (Lipinski definition) is 1. The van der Waals surface area contributed by atoms with Crippen molar-refractivity contribution in [1.29, 1.82) is 0 Å². The number of nitrogens with one attached hydrogen (secondary N) is 1. The molecule has 106 valence electrons. The Morgan fingerprint density at radius 2 is 2.00 bits per heavy atom. The van der Waals surface area contributed by atoms with Crippen LogP contribution in [0.15, 0.2) is 24.8 Å². The van der Waals surface area contributed by atoms with Crippen molar-refractivity contribution in [3.8, 4) is 0 Å². The van der Waals surface area contributed by atoms with Gasteiger partial charge in [0.15, 0.2) is 0 Å². The fraction of sp³-hybridized carbons (Fsp3) is 0.467. The summed E-state index contributed by atoms with van der Waals surface area (Å²) >= 11 is 0. The highest BCUT2D eigenvalue weighted by Crippen LogP contribution is 2.22. The molecule has 0 saturated heterocycles. The molecular weight excluding hydrogens is 261 g/mol. The van der Waals surface area contributed by atoms with Gasteiger partial charge in [-0.3, -0.25) is 0 Å². The van der Waals surface area contributed by atoms with Crippen molar-refractivity contribution >= 4 is 16.6 Å². The van der Waals surface area contributed by atoms with Gasteiger partial charge in [-0.05, 0) is 46.2 Å². The average molecular weight is 283 g/mol. The summed E-state index contributed by atoms with van der Waals surface area (Å²) in [7, 11) is -1.22. The Labute approximate surface area is 117 Å². The van der Waals surface area contributed by atoms with Gasteiger partial charge in [0.05, 0.1) is 15.7 Å². The molecule has 0 fully saturated rings. The van der Waals surface area contributed by atoms with Gasteiger partial charge in [-0.2, -0.15) is 0 Å². The first-order valence-corrected chi connectivity index (χ1v) is 7.41. The van der Waals surface area contributed by atoms with Crippen LogP contribution < -0.4 is 4.72 Å². The van der Waals surface area contributed by atoms with Gasteiger partial charge >= 0.3 is 0 Å². The third-order valence-corrected chi connectivity index (χ3v) is 4.48. The Hall–Kier alpha value is -1.00. The molecule has 0 saturated carbocycles. The van der Waals surface area contributed by atoms with Crippen LogP contribution in [0.25, 0.3) is 5.57 Å². The highest BCUT2D eigenvalue weighted by molar-refractivity contribution is 7.84. The van der Waals surface area contributed by atoms with Crippen molar-refractivity contribution in [2.75, 3.05) is 0 Å². The lowest BCUT2D eigenvalue weighted by Crippen LogP contribution is -2.35. The van der Waals surface area contributed by atoms with Crippen LogP contribution in [-0.2, 0) is 11.0 Å². The van der Waals surface area contributed by atoms with Crippen LogP contribution in [0.4, 0.5) is 4.39 Å². The second kappa shape index (κ2) is 5.97. The van der Waals surface area contributed by atoms with Crippen LogP contribution in [0.1, 0.15) is 51.8 Å². The molecule has 0 aliphatic carbocycles. The molecule has 1 aromatic rings. The molecule has 0 amide bonds. The minimum atomic E-state index is -1.22. The second-order valence-electron chi connectivity index (χ2n) is 5.74. The Morgan fingerprint density at radius 1 is 1.42 bits per heavy atom. The standard InChI is InChI=1S/C15H22FNOS/c1-10(2)12-7-8-13(14(16)9-12)11(3)17-19(18)15(4,5)6/h7-9,11,17H,1H2,2-6H3/t11-,19+/m0/s1. The third kappa shape index (κ3) is 4.25. The van der Waals surface area contributed by atoms with E-state index >= 15 is 0 Å². The first kappa shape index (κ1) is 16.1. The molecule has 2 atom stereocenters. The van der Waals surface area contributed by atoms with Crippen molar-refractivity contribution in [1.82, 2.24) is 4.72 Å². The number of halogens is 1. The Balaban J connectivity index is 2.92. The zero-order valence-electron chi connectivity index (χ0n) is 12.2. The van der Waals surface area contributed by atoms with E-state index in [2.05, 4.69) is 11.3 Å². The lowest BCUT2D eigenvalue weighted by molar-refractivity contribution is 0.571. The van der Waals surface area contributed by atoms with Gasteiger partial charge < -0.3 is 0 Å². The predicted molar refractivity (Wildman–Crippen MR) is 80.6 cm³/mol. The van der Waals surface area contributed by atoms with Gasteiger partial charge in [0, 0.05) is 11.6 Å². The SMILES string of the molecule is C=C(C)c1ccc([C@H](C)N[S@](=O)C(C)(C)C)c(F)c1. The first-order chi connectivity index (χ1) is 8.62. The smallest absolute Gasteiger partial charge is 0.128 e. The Kier molecular flexibility index (Phi) is 5.04. The molecule has 0 unspecified atom stereocenters. The fourth-order valence-electron chi connectivity index (χ4n) is 1.54. The lowest BCUT2D eigenvalue weighted by Gasteiger charge is -2.22. The summed E-state index contributed by atoms with van der Waals surface area (Å²) in [6.45, 7) is 13.1. The summed E-state index contributed by atoms with van der Waals surface area (Å²) in [5.41, 5.74) is 2.12. The highest BCUT2D eigenvalue weighted by Gasteiger charge is 2.22. The molecule has 0 aromatic heterocycles. The van der Waals surface area contributed by atoms with Crippen molar-refractivity contribution < 1.29 is 8.60 Å². The maximum absolute atomic E-state index is 14.0. The van der Waals surface area contributed by atoms with Gasteiger partial charge in [0.2, 0.25) is 0 Å². The maximum atomic E-state index is 14.0. The van der Waals surface area contributed by atoms with Crippen LogP contribution in [0, 0.1) is 5.82 Å². The first-order valence-electron chi connectivity index (χ1n) is 6.26. The monoisotopic (exact) mass is 283 g/mol. The lowest BCUT2D eigenvalue weighted by atomic mass is 10.0. The summed E-state index contributed by atoms with van der Waals surface area (Å²) in [6, 6.07) is 4.71. The van der Waals surface area contributed by atoms with Crippen molar-refractivity contribution in [2.24, 2.45) is 0 Å². The molecule has 0 heterocycles. The van der Waals surface area contributed by atoms with Crippen LogP contribution in [0.2, 0.25) is 0 Å². The van der Waals surface area contributed by atoms with E-state index in [1.54, 1.807) is 6.07 Å². The van der Waals surface area contributed by atoms with Crippen molar-refractivity contribution in [3.05, 3.63) is 41.7 Å². The zero-order chi connectivity index (χ0) is 14.8. The molecule has 1 N–H and O–H groups in total. The third-order valence-electron chi connectivity index (χ3n) is 2.80. The molecule has 4 heteroatoms. The van der Waals surface area contributed by atoms with Gasteiger partial charge in [0.25, 0.3) is 0 Å². The predicted octanol–water partition coefficient (Wildman–Crippen LogP) is 3.97. The summed E-state index contributed by atoms with van der Waals surface area (Å²) < 4.78 is 28.6. The van der Waals surface area contributed by atoms with Crippen LogP contribution in [0.3, 0.4) is 0 Å². The molecule has 0 aliphatic heterocycles. The summed E-state index contributed by atoms with van der Waals surface area (Å²) in [6.07, 6.45) is 0. The van der Waals surface area contributed by atoms with E-state index in [0.29, 0.717) is 5.56 Å². The van der Waals surface area contributed by atoms with E-state index in [4.69, 9.17) is 0 Å². The second-order valence-corrected chi connectivity index (χ2v) is 7.74. The van der Waals surface area contributed by atoms with E-state index in [1.807, 2.05) is 40.7 Å². The van der Waals surface area contributed by atoms with Crippen LogP contribution in [0.5, 0.6) is 0 Å². The molecule has 2 nitrogen and oxygen atoms in total. The molecule has 0 bridgehead atoms. The molecule has 0 radical (unpaired) electrons. The van der Waals surface area contributed by atoms with Gasteiger partial charge in [-0.25, -0.2) is 13.3 Å². The number of allylic oxidation sites excluding steroid dienone is 1. The minimum absolute atomic E-state index is 0.300. The van der Waals surface area contributed by atoms with Gasteiger partial charge in [-0.15, -0.1) is 0 Å². The van der Waals surface area contributed by atoms with E-state index < -0.39 is 11.0 Å². The highest BCUT2D eigenvalue weighted by atomic mass is 32.2. The quantitative estimate of drug-likeness (QED) is 0.890. The zero-order valence-corrected chi connectivity index (χ0v) is 13.0. The van der Waals surface area contributed by atoms with Gasteiger partial charge in [0.1, 0.15) is 5.82 Å². The Bertz CT molecular complexity index is 505. The molecule has 1 aromatic carbocycles. The summed E-state index contributed by atoms with van der Waals surface area (Å²) in [4.78, 5) is 0. The molecule has 0 spiro atoms. The summed E-state index contributed by atoms with van der Waals surface area (Å²) in [5, 5.41) is 0. The molecule has 0 aliphatic rings. The van der Waals surface area contributed by atoms with Gasteiger partial charge in [-0.1, -0.05) is 24.3 Å². The van der Waals surface area contributed by atoms with Crippen LogP contribution in [-0.4, -0.2) is 8.96 Å².